The van der Waals surface area contributed by atoms with Gasteiger partial charge in [0, 0.05) is 5.69 Å². The maximum Gasteiger partial charge on any atom is 0.130 e. The molecule has 0 radical (unpaired) electrons. The Balaban J connectivity index is 3.58. The van der Waals surface area contributed by atoms with E-state index in [-0.39, 0.29) is 17.2 Å². The molecule has 0 spiro atoms. The number of halogens is 1. The number of hydrogen-bond donors (Lipinski definition) is 1. The molecule has 0 aliphatic heterocycles. The largest absolute Gasteiger partial charge is 0.398 e. The highest BCUT2D eigenvalue weighted by Crippen LogP contribution is 2.35. The van der Waals surface area contributed by atoms with Crippen LogP contribution in [0.1, 0.15) is 64.2 Å². The number of rotatable bonds is 2. The van der Waals surface area contributed by atoms with Gasteiger partial charge in [-0.15, -0.1) is 0 Å². The lowest BCUT2D eigenvalue weighted by Crippen LogP contribution is -2.17. The van der Waals surface area contributed by atoms with Crippen LogP contribution in [0.4, 0.5) is 10.1 Å². The van der Waals surface area contributed by atoms with Crippen LogP contribution >= 0.6 is 0 Å². The molecule has 2 heteroatoms. The van der Waals surface area contributed by atoms with Gasteiger partial charge in [-0.2, -0.15) is 0 Å². The number of anilines is 1. The molecule has 1 rings (SSSR count). The second kappa shape index (κ2) is 4.67. The summed E-state index contributed by atoms with van der Waals surface area (Å²) in [7, 11) is 0. The molecule has 1 nitrogen and oxygen atoms in total. The lowest BCUT2D eigenvalue weighted by atomic mass is 9.81. The molecule has 0 amide bonds. The summed E-state index contributed by atoms with van der Waals surface area (Å²) in [6.45, 7) is 12.1. The van der Waals surface area contributed by atoms with Crippen molar-refractivity contribution in [1.82, 2.24) is 0 Å². The fraction of sp³-hybridized carbons (Fsp3) is 0.600. The Kier molecular flexibility index (Phi) is 3.85. The monoisotopic (exact) mass is 237 g/mol. The van der Waals surface area contributed by atoms with Gasteiger partial charge in [0.25, 0.3) is 0 Å². The van der Waals surface area contributed by atoms with Crippen molar-refractivity contribution in [2.75, 3.05) is 5.73 Å². The van der Waals surface area contributed by atoms with Crippen LogP contribution in [0.25, 0.3) is 0 Å². The van der Waals surface area contributed by atoms with E-state index in [0.29, 0.717) is 6.42 Å². The molecule has 2 N–H and O–H groups in total. The molecule has 0 unspecified atom stereocenters. The van der Waals surface area contributed by atoms with Gasteiger partial charge in [0.2, 0.25) is 0 Å². The number of nitrogen functional groups attached to an aromatic ring is 1. The van der Waals surface area contributed by atoms with E-state index in [1.165, 1.54) is 0 Å². The van der Waals surface area contributed by atoms with Crippen molar-refractivity contribution in [2.24, 2.45) is 0 Å². The zero-order chi connectivity index (χ0) is 13.4. The van der Waals surface area contributed by atoms with Crippen molar-refractivity contribution in [3.05, 3.63) is 28.6 Å². The third-order valence-electron chi connectivity index (χ3n) is 3.18. The molecule has 0 saturated heterocycles. The van der Waals surface area contributed by atoms with E-state index in [2.05, 4.69) is 13.8 Å². The summed E-state index contributed by atoms with van der Waals surface area (Å²) >= 11 is 0. The summed E-state index contributed by atoms with van der Waals surface area (Å²) in [4.78, 5) is 0. The van der Waals surface area contributed by atoms with Crippen molar-refractivity contribution in [3.63, 3.8) is 0 Å². The molecule has 0 bridgehead atoms. The molecule has 0 saturated carbocycles. The molecule has 1 aromatic rings. The summed E-state index contributed by atoms with van der Waals surface area (Å²) in [6.07, 6.45) is 0.688. The van der Waals surface area contributed by atoms with Gasteiger partial charge in [-0.3, -0.25) is 0 Å². The van der Waals surface area contributed by atoms with Gasteiger partial charge in [-0.25, -0.2) is 4.39 Å². The summed E-state index contributed by atoms with van der Waals surface area (Å²) in [5.41, 5.74) is 9.08. The summed E-state index contributed by atoms with van der Waals surface area (Å²) in [6, 6.07) is 1.81. The van der Waals surface area contributed by atoms with E-state index < -0.39 is 0 Å². The van der Waals surface area contributed by atoms with Crippen LogP contribution in [0.5, 0.6) is 0 Å². The molecule has 0 fully saturated rings. The van der Waals surface area contributed by atoms with Gasteiger partial charge >= 0.3 is 0 Å². The highest BCUT2D eigenvalue weighted by molar-refractivity contribution is 5.57. The number of nitrogens with two attached hydrogens (primary N) is 1. The number of hydrogen-bond acceptors (Lipinski definition) is 1. The van der Waals surface area contributed by atoms with E-state index in [0.717, 1.165) is 22.4 Å². The molecular formula is C15H24FN. The molecular weight excluding hydrogens is 213 g/mol. The van der Waals surface area contributed by atoms with Crippen LogP contribution in [-0.4, -0.2) is 0 Å². The predicted octanol–water partition coefficient (Wildman–Crippen LogP) is 4.39. The molecule has 0 aliphatic carbocycles. The van der Waals surface area contributed by atoms with Crippen LogP contribution in [0.3, 0.4) is 0 Å². The summed E-state index contributed by atoms with van der Waals surface area (Å²) < 4.78 is 14.5. The molecule has 0 aliphatic rings. The highest BCUT2D eigenvalue weighted by atomic mass is 19.1. The Hall–Kier alpha value is -1.05. The van der Waals surface area contributed by atoms with Crippen LogP contribution in [-0.2, 0) is 11.8 Å². The fourth-order valence-corrected chi connectivity index (χ4v) is 2.32. The Morgan fingerprint density at radius 3 is 2.18 bits per heavy atom. The third-order valence-corrected chi connectivity index (χ3v) is 3.18. The summed E-state index contributed by atoms with van der Waals surface area (Å²) in [5, 5.41) is 0. The second-order valence-corrected chi connectivity index (χ2v) is 5.98. The highest BCUT2D eigenvalue weighted by Gasteiger charge is 2.24. The SMILES string of the molecule is CCc1c(F)c(C(C)(C)C)cc(N)c1C(C)C. The fourth-order valence-electron chi connectivity index (χ4n) is 2.32. The van der Waals surface area contributed by atoms with Gasteiger partial charge in [0.05, 0.1) is 0 Å². The molecule has 0 atom stereocenters. The van der Waals surface area contributed by atoms with Crippen molar-refractivity contribution in [1.29, 1.82) is 0 Å². The lowest BCUT2D eigenvalue weighted by Gasteiger charge is -2.25. The van der Waals surface area contributed by atoms with Gasteiger partial charge < -0.3 is 5.73 Å². The van der Waals surface area contributed by atoms with E-state index in [1.807, 2.05) is 33.8 Å². The first kappa shape index (κ1) is 14.0. The Bertz CT molecular complexity index is 414. The molecule has 1 aromatic carbocycles. The lowest BCUT2D eigenvalue weighted by molar-refractivity contribution is 0.513. The molecule has 17 heavy (non-hydrogen) atoms. The van der Waals surface area contributed by atoms with Crippen molar-refractivity contribution >= 4 is 5.69 Å². The average Bonchev–Trinajstić information content (AvgIpc) is 2.17. The van der Waals surface area contributed by atoms with Gasteiger partial charge in [0.1, 0.15) is 5.82 Å². The first-order valence-electron chi connectivity index (χ1n) is 6.31. The zero-order valence-corrected chi connectivity index (χ0v) is 11.8. The first-order chi connectivity index (χ1) is 7.70. The number of benzene rings is 1. The van der Waals surface area contributed by atoms with E-state index >= 15 is 0 Å². The molecule has 96 valence electrons. The van der Waals surface area contributed by atoms with Crippen LogP contribution < -0.4 is 5.73 Å². The average molecular weight is 237 g/mol. The summed E-state index contributed by atoms with van der Waals surface area (Å²) in [5.74, 6) is 0.186. The maximum absolute atomic E-state index is 14.5. The Morgan fingerprint density at radius 1 is 1.29 bits per heavy atom. The quantitative estimate of drug-likeness (QED) is 0.758. The topological polar surface area (TPSA) is 26.0 Å². The molecule has 0 heterocycles. The Morgan fingerprint density at radius 2 is 1.82 bits per heavy atom. The molecule has 0 aromatic heterocycles. The van der Waals surface area contributed by atoms with E-state index in [4.69, 9.17) is 5.73 Å². The third kappa shape index (κ3) is 2.62. The standard InChI is InChI=1S/C15H24FN/c1-7-10-13(9(2)3)12(17)8-11(14(10)16)15(4,5)6/h8-9H,7,17H2,1-6H3. The van der Waals surface area contributed by atoms with E-state index in [1.54, 1.807) is 0 Å². The second-order valence-electron chi connectivity index (χ2n) is 5.98. The van der Waals surface area contributed by atoms with Crippen LogP contribution in [0, 0.1) is 5.82 Å². The Labute approximate surface area is 104 Å². The zero-order valence-electron chi connectivity index (χ0n) is 11.8. The van der Waals surface area contributed by atoms with Crippen molar-refractivity contribution in [3.8, 4) is 0 Å². The minimum atomic E-state index is -0.211. The van der Waals surface area contributed by atoms with Gasteiger partial charge in [0.15, 0.2) is 0 Å². The first-order valence-corrected chi connectivity index (χ1v) is 6.31. The smallest absolute Gasteiger partial charge is 0.130 e. The maximum atomic E-state index is 14.5. The van der Waals surface area contributed by atoms with E-state index in [9.17, 15) is 4.39 Å². The minimum Gasteiger partial charge on any atom is -0.398 e. The van der Waals surface area contributed by atoms with Crippen molar-refractivity contribution < 1.29 is 4.39 Å². The normalized spacial score (nSPS) is 12.2. The van der Waals surface area contributed by atoms with Gasteiger partial charge in [-0.05, 0) is 40.5 Å². The van der Waals surface area contributed by atoms with Crippen LogP contribution in [0.2, 0.25) is 0 Å². The van der Waals surface area contributed by atoms with Crippen molar-refractivity contribution in [2.45, 2.75) is 59.3 Å². The predicted molar refractivity (Wildman–Crippen MR) is 73.0 cm³/mol. The minimum absolute atomic E-state index is 0.0714. The van der Waals surface area contributed by atoms with Gasteiger partial charge in [-0.1, -0.05) is 41.5 Å². The van der Waals surface area contributed by atoms with Crippen LogP contribution in [0.15, 0.2) is 6.07 Å².